The minimum absolute atomic E-state index is 0. The zero-order valence-electron chi connectivity index (χ0n) is 36.1. The molecule has 4 bridgehead atoms. The predicted molar refractivity (Wildman–Crippen MR) is 213 cm³/mol. The van der Waals surface area contributed by atoms with Crippen LogP contribution >= 0.6 is 0 Å². The van der Waals surface area contributed by atoms with Crippen LogP contribution in [-0.4, -0.2) is 95.3 Å². The second kappa shape index (κ2) is 21.5. The lowest BCUT2D eigenvalue weighted by atomic mass is 9.95. The summed E-state index contributed by atoms with van der Waals surface area (Å²) < 4.78 is 34.8. The highest BCUT2D eigenvalue weighted by molar-refractivity contribution is 5.75. The topological polar surface area (TPSA) is 158 Å². The van der Waals surface area contributed by atoms with Crippen molar-refractivity contribution in [2.45, 2.75) is 161 Å². The highest BCUT2D eigenvalue weighted by atomic mass is 79.9. The first-order chi connectivity index (χ1) is 28.0. The Kier molecular flexibility index (Phi) is 17.5. The third-order valence-electron chi connectivity index (χ3n) is 13.1. The number of fused-ring (bicyclic) bond motifs is 4. The first-order valence-corrected chi connectivity index (χ1v) is 21.1. The summed E-state index contributed by atoms with van der Waals surface area (Å²) in [6.07, 6.45) is 9.75. The molecule has 0 radical (unpaired) electrons. The Bertz CT molecular complexity index is 1780. The van der Waals surface area contributed by atoms with Crippen molar-refractivity contribution in [2.75, 3.05) is 14.1 Å². The molecule has 336 valence electrons. The Hall–Kier alpha value is -3.86. The van der Waals surface area contributed by atoms with Crippen molar-refractivity contribution in [1.29, 1.82) is 0 Å². The van der Waals surface area contributed by atoms with E-state index in [0.29, 0.717) is 62.9 Å². The molecule has 0 saturated carbocycles. The fraction of sp³-hybridized carbons (Fsp3) is 0.600. The average Bonchev–Trinajstić information content (AvgIpc) is 3.37. The first-order valence-electron chi connectivity index (χ1n) is 21.1. The molecule has 4 aliphatic heterocycles. The quantitative estimate of drug-likeness (QED) is 0.0991. The molecular weight excluding hydrogens is 920 g/mol. The minimum Gasteiger partial charge on any atom is -1.00 e. The number of hydrogen-bond donors (Lipinski definition) is 0. The molecule has 4 fully saturated rings. The monoisotopic (exact) mass is 978 g/mol. The largest absolute Gasteiger partial charge is 1.00 e. The minimum atomic E-state index is -0.493. The van der Waals surface area contributed by atoms with Crippen LogP contribution in [0.2, 0.25) is 0 Å². The van der Waals surface area contributed by atoms with Gasteiger partial charge < -0.3 is 71.4 Å². The third kappa shape index (κ3) is 12.6. The van der Waals surface area contributed by atoms with Crippen molar-refractivity contribution in [3.63, 3.8) is 0 Å². The number of unbranched alkanes of at least 4 members (excludes halogenated alkanes) is 2. The van der Waals surface area contributed by atoms with E-state index in [0.717, 1.165) is 77.9 Å². The van der Waals surface area contributed by atoms with E-state index in [1.807, 2.05) is 12.1 Å². The maximum atomic E-state index is 12.9. The lowest BCUT2D eigenvalue weighted by Gasteiger charge is -2.47. The molecule has 61 heavy (non-hydrogen) atoms. The fourth-order valence-corrected chi connectivity index (χ4v) is 10.3. The van der Waals surface area contributed by atoms with Crippen molar-refractivity contribution >= 4 is 35.8 Å². The summed E-state index contributed by atoms with van der Waals surface area (Å²) >= 11 is 0. The summed E-state index contributed by atoms with van der Waals surface area (Å²) in [5.41, 5.74) is 1.94. The molecule has 4 heterocycles. The van der Waals surface area contributed by atoms with Crippen LogP contribution in [0.3, 0.4) is 0 Å². The van der Waals surface area contributed by atoms with E-state index < -0.39 is 23.9 Å². The second-order valence-corrected chi connectivity index (χ2v) is 17.4. The molecule has 6 rings (SSSR count). The molecule has 16 heteroatoms. The number of ether oxygens (including phenoxy) is 6. The molecular formula is C45H60Br2N2O12. The lowest BCUT2D eigenvalue weighted by molar-refractivity contribution is -0.961. The van der Waals surface area contributed by atoms with Crippen LogP contribution in [0.1, 0.15) is 122 Å². The number of rotatable bonds is 16. The summed E-state index contributed by atoms with van der Waals surface area (Å²) in [6, 6.07) is 12.0. The molecule has 4 unspecified atom stereocenters. The average molecular weight is 981 g/mol. The van der Waals surface area contributed by atoms with Crippen molar-refractivity contribution in [2.24, 2.45) is 0 Å². The smallest absolute Gasteiger partial charge is 0.308 e. The van der Waals surface area contributed by atoms with Gasteiger partial charge in [-0.1, -0.05) is 6.42 Å². The van der Waals surface area contributed by atoms with Crippen molar-refractivity contribution in [3.8, 4) is 23.0 Å². The molecule has 0 aliphatic carbocycles. The molecule has 4 atom stereocenters. The van der Waals surface area contributed by atoms with Gasteiger partial charge in [0, 0.05) is 103 Å². The van der Waals surface area contributed by atoms with Crippen LogP contribution in [0, 0.1) is 0 Å². The number of nitrogens with zero attached hydrogens (tertiary/aromatic N) is 2. The predicted octanol–water partition coefficient (Wildman–Crippen LogP) is 0.413. The number of piperidine rings is 2. The number of quaternary nitrogens is 2. The van der Waals surface area contributed by atoms with Crippen molar-refractivity contribution in [1.82, 2.24) is 0 Å². The lowest BCUT2D eigenvalue weighted by Crippen LogP contribution is -3.00. The Labute approximate surface area is 379 Å². The van der Waals surface area contributed by atoms with Crippen LogP contribution in [0.4, 0.5) is 0 Å². The van der Waals surface area contributed by atoms with Gasteiger partial charge in [-0.05, 0) is 49.2 Å². The molecule has 0 spiro atoms. The standard InChI is InChI=1S/C45H60N2O12.2BrH/c1-28(48)54-40-18-12-32(20-42(40)56-30(3)50)26-46(5)34-14-15-35(46)23-38(22-34)58-44(52)10-8-7-9-11-45(53)59-39-24-36-16-17-37(25-39)47(36,6)27-33-13-19-41(55-29(2)49)43(21-33)57-31(4)51;;/h12-13,18-21,34-39H,7-11,14-17,22-27H2,1-6H3;2*1H/q+2;;/p-2. The van der Waals surface area contributed by atoms with E-state index in [1.165, 1.54) is 27.7 Å². The fourth-order valence-electron chi connectivity index (χ4n) is 10.3. The first kappa shape index (κ1) is 49.8. The molecule has 4 aliphatic rings. The Morgan fingerprint density at radius 3 is 1.11 bits per heavy atom. The molecule has 2 aromatic carbocycles. The van der Waals surface area contributed by atoms with E-state index in [1.54, 1.807) is 24.3 Å². The van der Waals surface area contributed by atoms with Gasteiger partial charge in [0.2, 0.25) is 0 Å². The zero-order valence-corrected chi connectivity index (χ0v) is 39.3. The van der Waals surface area contributed by atoms with Crippen LogP contribution < -0.4 is 52.9 Å². The Morgan fingerprint density at radius 1 is 0.492 bits per heavy atom. The van der Waals surface area contributed by atoms with Gasteiger partial charge in [0.25, 0.3) is 0 Å². The highest BCUT2D eigenvalue weighted by Gasteiger charge is 2.53. The van der Waals surface area contributed by atoms with Crippen LogP contribution in [-0.2, 0) is 51.3 Å². The number of benzene rings is 2. The number of hydrogen-bond acceptors (Lipinski definition) is 12. The number of carbonyl (C=O) groups is 6. The van der Waals surface area contributed by atoms with Gasteiger partial charge in [-0.3, -0.25) is 28.8 Å². The van der Waals surface area contributed by atoms with E-state index in [-0.39, 0.29) is 81.1 Å². The van der Waals surface area contributed by atoms with Crippen LogP contribution in [0.15, 0.2) is 36.4 Å². The molecule has 0 amide bonds. The summed E-state index contributed by atoms with van der Waals surface area (Å²) in [5, 5.41) is 0. The Balaban J connectivity index is 0.00000410. The highest BCUT2D eigenvalue weighted by Crippen LogP contribution is 2.46. The zero-order chi connectivity index (χ0) is 42.5. The van der Waals surface area contributed by atoms with E-state index in [2.05, 4.69) is 14.1 Å². The molecule has 2 aromatic rings. The van der Waals surface area contributed by atoms with Crippen molar-refractivity contribution < 1.29 is 100 Å². The van der Waals surface area contributed by atoms with Gasteiger partial charge in [-0.25, -0.2) is 0 Å². The van der Waals surface area contributed by atoms with E-state index in [4.69, 9.17) is 28.4 Å². The summed E-state index contributed by atoms with van der Waals surface area (Å²) in [6.45, 7) is 6.65. The molecule has 0 aromatic heterocycles. The SMILES string of the molecule is CC(=O)Oc1ccc(C[N+]2(C)C3CCC2CC(OC(=O)CCCCCC(=O)OC2CC4CCC(C2)[N+]4(C)Cc2ccc(OC(C)=O)c(OC(C)=O)c2)C3)cc1OC(C)=O.[Br-].[Br-]. The van der Waals surface area contributed by atoms with Gasteiger partial charge in [0.05, 0.1) is 38.3 Å². The molecule has 14 nitrogen and oxygen atoms in total. The van der Waals surface area contributed by atoms with Gasteiger partial charge in [0.15, 0.2) is 23.0 Å². The second-order valence-electron chi connectivity index (χ2n) is 17.4. The number of carbonyl (C=O) groups excluding carboxylic acids is 6. The summed E-state index contributed by atoms with van der Waals surface area (Å²) in [4.78, 5) is 72.4. The number of halogens is 2. The van der Waals surface area contributed by atoms with Gasteiger partial charge in [-0.15, -0.1) is 0 Å². The third-order valence-corrected chi connectivity index (χ3v) is 13.1. The van der Waals surface area contributed by atoms with E-state index in [9.17, 15) is 28.8 Å². The summed E-state index contributed by atoms with van der Waals surface area (Å²) in [5.74, 6) is -1.49. The van der Waals surface area contributed by atoms with Gasteiger partial charge >= 0.3 is 35.8 Å². The Morgan fingerprint density at radius 2 is 0.803 bits per heavy atom. The normalized spacial score (nSPS) is 27.0. The number of esters is 6. The van der Waals surface area contributed by atoms with Crippen molar-refractivity contribution in [3.05, 3.63) is 47.5 Å². The van der Waals surface area contributed by atoms with Crippen LogP contribution in [0.25, 0.3) is 0 Å². The van der Waals surface area contributed by atoms with Gasteiger partial charge in [0.1, 0.15) is 25.3 Å². The van der Waals surface area contributed by atoms with E-state index >= 15 is 0 Å². The molecule has 0 N–H and O–H groups in total. The summed E-state index contributed by atoms with van der Waals surface area (Å²) in [7, 11) is 4.49. The maximum absolute atomic E-state index is 12.9. The maximum Gasteiger partial charge on any atom is 0.308 e. The van der Waals surface area contributed by atoms with Crippen LogP contribution in [0.5, 0.6) is 23.0 Å². The molecule has 4 saturated heterocycles. The van der Waals surface area contributed by atoms with Gasteiger partial charge in [-0.2, -0.15) is 0 Å².